The Morgan fingerprint density at radius 2 is 1.60 bits per heavy atom. The Bertz CT molecular complexity index is 615. The van der Waals surface area contributed by atoms with Crippen molar-refractivity contribution in [3.8, 4) is 0 Å². The van der Waals surface area contributed by atoms with Gasteiger partial charge in [0.2, 0.25) is 5.91 Å². The molecule has 3 heteroatoms. The lowest BCUT2D eigenvalue weighted by Gasteiger charge is -2.18. The van der Waals surface area contributed by atoms with Gasteiger partial charge in [0.15, 0.2) is 0 Å². The van der Waals surface area contributed by atoms with Gasteiger partial charge in [0.1, 0.15) is 5.84 Å². The van der Waals surface area contributed by atoms with E-state index >= 15 is 0 Å². The number of benzene rings is 2. The highest BCUT2D eigenvalue weighted by atomic mass is 16.2. The van der Waals surface area contributed by atoms with E-state index in [1.165, 1.54) is 12.5 Å². The molecule has 0 fully saturated rings. The van der Waals surface area contributed by atoms with E-state index in [-0.39, 0.29) is 5.91 Å². The average molecular weight is 266 g/mol. The number of carbonyl (C=O) groups is 1. The van der Waals surface area contributed by atoms with Gasteiger partial charge in [0, 0.05) is 19.5 Å². The first kappa shape index (κ1) is 14.0. The van der Waals surface area contributed by atoms with Crippen LogP contribution < -0.4 is 0 Å². The van der Waals surface area contributed by atoms with E-state index < -0.39 is 0 Å². The highest BCUT2D eigenvalue weighted by Gasteiger charge is 2.13. The molecule has 0 aliphatic heterocycles. The fourth-order valence-electron chi connectivity index (χ4n) is 1.81. The summed E-state index contributed by atoms with van der Waals surface area (Å²) in [5, 5.41) is 0. The van der Waals surface area contributed by atoms with Crippen molar-refractivity contribution in [1.82, 2.24) is 4.90 Å². The standard InChI is InChI=1S/C17H18N2O/c1-13-9-11-16(12-10-13)18-17(19(3)14(2)20)15-7-5-4-6-8-15/h4-12H,1-3H3. The van der Waals surface area contributed by atoms with E-state index in [1.54, 1.807) is 11.9 Å². The summed E-state index contributed by atoms with van der Waals surface area (Å²) in [6.45, 7) is 3.57. The number of nitrogens with zero attached hydrogens (tertiary/aromatic N) is 2. The molecule has 0 aliphatic rings. The Morgan fingerprint density at radius 1 is 1.00 bits per heavy atom. The van der Waals surface area contributed by atoms with Crippen LogP contribution in [0.15, 0.2) is 59.6 Å². The van der Waals surface area contributed by atoms with Crippen molar-refractivity contribution in [1.29, 1.82) is 0 Å². The molecule has 0 bridgehead atoms. The lowest BCUT2D eigenvalue weighted by molar-refractivity contribution is -0.124. The Labute approximate surface area is 119 Å². The Balaban J connectivity index is 2.46. The van der Waals surface area contributed by atoms with Gasteiger partial charge in [-0.25, -0.2) is 4.99 Å². The first-order valence-corrected chi connectivity index (χ1v) is 6.53. The summed E-state index contributed by atoms with van der Waals surface area (Å²) in [5.41, 5.74) is 2.94. The lowest BCUT2D eigenvalue weighted by atomic mass is 10.2. The van der Waals surface area contributed by atoms with Gasteiger partial charge in [-0.3, -0.25) is 9.69 Å². The van der Waals surface area contributed by atoms with E-state index in [1.807, 2.05) is 61.5 Å². The second-order valence-electron chi connectivity index (χ2n) is 4.72. The molecule has 1 amide bonds. The molecule has 0 saturated carbocycles. The zero-order valence-electron chi connectivity index (χ0n) is 12.0. The Kier molecular flexibility index (Phi) is 4.31. The number of rotatable bonds is 2. The third-order valence-corrected chi connectivity index (χ3v) is 3.09. The molecule has 0 aliphatic carbocycles. The summed E-state index contributed by atoms with van der Waals surface area (Å²) >= 11 is 0. The zero-order valence-corrected chi connectivity index (χ0v) is 12.0. The summed E-state index contributed by atoms with van der Waals surface area (Å²) in [6.07, 6.45) is 0. The number of hydrogen-bond acceptors (Lipinski definition) is 2. The molecule has 0 atom stereocenters. The van der Waals surface area contributed by atoms with Gasteiger partial charge in [0.05, 0.1) is 5.69 Å². The normalized spacial score (nSPS) is 11.2. The molecule has 102 valence electrons. The third-order valence-electron chi connectivity index (χ3n) is 3.09. The number of aliphatic imine (C=N–C) groups is 1. The van der Waals surface area contributed by atoms with Gasteiger partial charge in [-0.05, 0) is 19.1 Å². The number of amidine groups is 1. The van der Waals surface area contributed by atoms with Crippen LogP contribution in [0.1, 0.15) is 18.1 Å². The van der Waals surface area contributed by atoms with Crippen LogP contribution in [-0.4, -0.2) is 23.7 Å². The first-order chi connectivity index (χ1) is 9.58. The van der Waals surface area contributed by atoms with Crippen molar-refractivity contribution in [2.75, 3.05) is 7.05 Å². The maximum absolute atomic E-state index is 11.6. The smallest absolute Gasteiger partial charge is 0.224 e. The highest BCUT2D eigenvalue weighted by molar-refractivity contribution is 6.08. The SMILES string of the molecule is CC(=O)N(C)C(=Nc1ccc(C)cc1)c1ccccc1. The Morgan fingerprint density at radius 3 is 2.15 bits per heavy atom. The van der Waals surface area contributed by atoms with Crippen LogP contribution in [0.3, 0.4) is 0 Å². The monoisotopic (exact) mass is 266 g/mol. The summed E-state index contributed by atoms with van der Waals surface area (Å²) in [5.74, 6) is 0.613. The summed E-state index contributed by atoms with van der Waals surface area (Å²) in [4.78, 5) is 17.8. The van der Waals surface area contributed by atoms with Gasteiger partial charge in [-0.2, -0.15) is 0 Å². The van der Waals surface area contributed by atoms with E-state index in [2.05, 4.69) is 4.99 Å². The highest BCUT2D eigenvalue weighted by Crippen LogP contribution is 2.16. The second kappa shape index (κ2) is 6.15. The molecule has 0 N–H and O–H groups in total. The quantitative estimate of drug-likeness (QED) is 0.604. The number of amides is 1. The molecule has 2 aromatic carbocycles. The van der Waals surface area contributed by atoms with Crippen LogP contribution in [0.2, 0.25) is 0 Å². The molecule has 2 aromatic rings. The molecule has 0 aromatic heterocycles. The molecule has 3 nitrogen and oxygen atoms in total. The number of hydrogen-bond donors (Lipinski definition) is 0. The topological polar surface area (TPSA) is 32.7 Å². The molecule has 0 saturated heterocycles. The predicted molar refractivity (Wildman–Crippen MR) is 82.3 cm³/mol. The fraction of sp³-hybridized carbons (Fsp3) is 0.176. The molecule has 0 heterocycles. The first-order valence-electron chi connectivity index (χ1n) is 6.53. The molecule has 0 radical (unpaired) electrons. The van der Waals surface area contributed by atoms with Gasteiger partial charge in [-0.1, -0.05) is 48.0 Å². The van der Waals surface area contributed by atoms with Crippen LogP contribution in [0.25, 0.3) is 0 Å². The molecule has 0 spiro atoms. The van der Waals surface area contributed by atoms with Crippen molar-refractivity contribution in [2.24, 2.45) is 4.99 Å². The van der Waals surface area contributed by atoms with Crippen LogP contribution in [0.4, 0.5) is 5.69 Å². The maximum atomic E-state index is 11.6. The Hall–Kier alpha value is -2.42. The molecular weight excluding hydrogens is 248 g/mol. The fourth-order valence-corrected chi connectivity index (χ4v) is 1.81. The summed E-state index contributed by atoms with van der Waals surface area (Å²) in [7, 11) is 1.74. The summed E-state index contributed by atoms with van der Waals surface area (Å²) in [6, 6.07) is 17.6. The maximum Gasteiger partial charge on any atom is 0.224 e. The summed E-state index contributed by atoms with van der Waals surface area (Å²) < 4.78 is 0. The van der Waals surface area contributed by atoms with Crippen molar-refractivity contribution in [3.05, 3.63) is 65.7 Å². The van der Waals surface area contributed by atoms with E-state index in [0.717, 1.165) is 11.3 Å². The van der Waals surface area contributed by atoms with E-state index in [9.17, 15) is 4.79 Å². The average Bonchev–Trinajstić information content (AvgIpc) is 2.47. The minimum Gasteiger partial charge on any atom is -0.300 e. The van der Waals surface area contributed by atoms with Gasteiger partial charge in [-0.15, -0.1) is 0 Å². The number of carbonyl (C=O) groups excluding carboxylic acids is 1. The largest absolute Gasteiger partial charge is 0.300 e. The minimum atomic E-state index is -0.0419. The molecule has 20 heavy (non-hydrogen) atoms. The number of aryl methyl sites for hydroxylation is 1. The lowest BCUT2D eigenvalue weighted by Crippen LogP contribution is -2.31. The van der Waals surface area contributed by atoms with Crippen LogP contribution in [0.5, 0.6) is 0 Å². The third kappa shape index (κ3) is 3.32. The van der Waals surface area contributed by atoms with Crippen LogP contribution in [-0.2, 0) is 4.79 Å². The predicted octanol–water partition coefficient (Wildman–Crippen LogP) is 3.55. The molecule has 0 unspecified atom stereocenters. The molecular formula is C17H18N2O. The van der Waals surface area contributed by atoms with Crippen molar-refractivity contribution >= 4 is 17.4 Å². The van der Waals surface area contributed by atoms with Crippen LogP contribution in [0, 0.1) is 6.92 Å². The minimum absolute atomic E-state index is 0.0419. The van der Waals surface area contributed by atoms with Crippen LogP contribution >= 0.6 is 0 Å². The van der Waals surface area contributed by atoms with E-state index in [0.29, 0.717) is 5.84 Å². The zero-order chi connectivity index (χ0) is 14.5. The van der Waals surface area contributed by atoms with Crippen molar-refractivity contribution in [3.63, 3.8) is 0 Å². The van der Waals surface area contributed by atoms with Gasteiger partial charge < -0.3 is 0 Å². The van der Waals surface area contributed by atoms with Crippen molar-refractivity contribution in [2.45, 2.75) is 13.8 Å². The second-order valence-corrected chi connectivity index (χ2v) is 4.72. The van der Waals surface area contributed by atoms with Gasteiger partial charge in [0.25, 0.3) is 0 Å². The van der Waals surface area contributed by atoms with E-state index in [4.69, 9.17) is 0 Å². The van der Waals surface area contributed by atoms with Crippen molar-refractivity contribution < 1.29 is 4.79 Å². The molecule has 2 rings (SSSR count). The van der Waals surface area contributed by atoms with Gasteiger partial charge >= 0.3 is 0 Å².